The Morgan fingerprint density at radius 1 is 0.786 bits per heavy atom. The zero-order chi connectivity index (χ0) is 30.6. The molecule has 2 aromatic carbocycles. The number of rotatable bonds is 15. The van der Waals surface area contributed by atoms with Crippen LogP contribution in [-0.4, -0.2) is 73.9 Å². The smallest absolute Gasteiger partial charge is 0.326 e. The number of nitrogens with zero attached hydrogens (tertiary/aromatic N) is 1. The SMILES string of the molecule is NC(=O)CC(NC(=O)C(Cc1ccccc1)NC(=O)C(N)Cc1cnc[nH]1)C(=O)NC(Cc1ccc(O)cc1)C(=O)O. The van der Waals surface area contributed by atoms with E-state index in [0.717, 1.165) is 0 Å². The van der Waals surface area contributed by atoms with E-state index >= 15 is 0 Å². The third kappa shape index (κ3) is 9.75. The Labute approximate surface area is 240 Å². The quantitative estimate of drug-likeness (QED) is 0.109. The van der Waals surface area contributed by atoms with Gasteiger partial charge < -0.3 is 42.6 Å². The van der Waals surface area contributed by atoms with Gasteiger partial charge in [0, 0.05) is 31.2 Å². The molecule has 0 radical (unpaired) electrons. The molecule has 0 saturated heterocycles. The summed E-state index contributed by atoms with van der Waals surface area (Å²) in [6.45, 7) is 0. The number of imidazole rings is 1. The van der Waals surface area contributed by atoms with Gasteiger partial charge in [-0.3, -0.25) is 19.2 Å². The highest BCUT2D eigenvalue weighted by atomic mass is 16.4. The first kappa shape index (κ1) is 31.3. The number of carbonyl (C=O) groups excluding carboxylic acids is 4. The molecular weight excluding hydrogens is 546 g/mol. The fourth-order valence-electron chi connectivity index (χ4n) is 4.09. The van der Waals surface area contributed by atoms with Gasteiger partial charge in [-0.05, 0) is 23.3 Å². The fourth-order valence-corrected chi connectivity index (χ4v) is 4.09. The molecular formula is C28H33N7O7. The van der Waals surface area contributed by atoms with Crippen molar-refractivity contribution >= 4 is 29.6 Å². The van der Waals surface area contributed by atoms with Crippen molar-refractivity contribution in [1.29, 1.82) is 0 Å². The van der Waals surface area contributed by atoms with Gasteiger partial charge in [0.1, 0.15) is 23.9 Å². The summed E-state index contributed by atoms with van der Waals surface area (Å²) >= 11 is 0. The number of benzene rings is 2. The van der Waals surface area contributed by atoms with Gasteiger partial charge in [-0.1, -0.05) is 42.5 Å². The average Bonchev–Trinajstić information content (AvgIpc) is 3.46. The molecule has 0 saturated carbocycles. The van der Waals surface area contributed by atoms with Gasteiger partial charge in [0.05, 0.1) is 18.8 Å². The first-order valence-corrected chi connectivity index (χ1v) is 13.0. The van der Waals surface area contributed by atoms with E-state index in [1.807, 2.05) is 0 Å². The maximum atomic E-state index is 13.4. The van der Waals surface area contributed by atoms with E-state index in [9.17, 15) is 34.2 Å². The Morgan fingerprint density at radius 3 is 1.95 bits per heavy atom. The number of nitrogens with one attached hydrogen (secondary N) is 4. The van der Waals surface area contributed by atoms with Gasteiger partial charge >= 0.3 is 5.97 Å². The molecule has 3 rings (SSSR count). The highest BCUT2D eigenvalue weighted by Gasteiger charge is 2.31. The highest BCUT2D eigenvalue weighted by molar-refractivity contribution is 5.96. The third-order valence-corrected chi connectivity index (χ3v) is 6.28. The second-order valence-electron chi connectivity index (χ2n) is 9.64. The molecule has 3 aromatic rings. The molecule has 1 heterocycles. The van der Waals surface area contributed by atoms with Crippen molar-refractivity contribution in [1.82, 2.24) is 25.9 Å². The molecule has 0 aliphatic heterocycles. The zero-order valence-electron chi connectivity index (χ0n) is 22.5. The van der Waals surface area contributed by atoms with Crippen LogP contribution in [0.2, 0.25) is 0 Å². The van der Waals surface area contributed by atoms with Gasteiger partial charge in [0.2, 0.25) is 23.6 Å². The number of amides is 4. The third-order valence-electron chi connectivity index (χ3n) is 6.28. The number of phenols is 1. The van der Waals surface area contributed by atoms with E-state index in [4.69, 9.17) is 11.5 Å². The molecule has 0 spiro atoms. The first-order chi connectivity index (χ1) is 20.0. The summed E-state index contributed by atoms with van der Waals surface area (Å²) < 4.78 is 0. The minimum absolute atomic E-state index is 0.0155. The maximum Gasteiger partial charge on any atom is 0.326 e. The number of phenolic OH excluding ortho intramolecular Hbond substituents is 1. The number of carboxylic acid groups (broad SMARTS) is 1. The minimum Gasteiger partial charge on any atom is -0.508 e. The van der Waals surface area contributed by atoms with Crippen molar-refractivity contribution in [3.63, 3.8) is 0 Å². The largest absolute Gasteiger partial charge is 0.508 e. The maximum absolute atomic E-state index is 13.4. The van der Waals surface area contributed by atoms with Gasteiger partial charge in [-0.2, -0.15) is 0 Å². The number of aliphatic carboxylic acids is 1. The normalized spacial score (nSPS) is 13.6. The molecule has 0 bridgehead atoms. The topological polar surface area (TPSA) is 243 Å². The van der Waals surface area contributed by atoms with Crippen LogP contribution in [0.1, 0.15) is 23.2 Å². The summed E-state index contributed by atoms with van der Waals surface area (Å²) in [5.74, 6) is -4.72. The summed E-state index contributed by atoms with van der Waals surface area (Å²) in [7, 11) is 0. The van der Waals surface area contributed by atoms with Crippen LogP contribution >= 0.6 is 0 Å². The molecule has 0 aliphatic rings. The minimum atomic E-state index is -1.54. The number of nitrogens with two attached hydrogens (primary N) is 2. The molecule has 10 N–H and O–H groups in total. The Hall–Kier alpha value is -5.24. The Morgan fingerprint density at radius 2 is 1.36 bits per heavy atom. The average molecular weight is 580 g/mol. The zero-order valence-corrected chi connectivity index (χ0v) is 22.5. The molecule has 14 nitrogen and oxygen atoms in total. The molecule has 1 aromatic heterocycles. The van der Waals surface area contributed by atoms with Crippen molar-refractivity contribution < 1.29 is 34.2 Å². The number of carboxylic acids is 1. The second kappa shape index (κ2) is 14.9. The van der Waals surface area contributed by atoms with Gasteiger partial charge in [0.25, 0.3) is 0 Å². The number of aromatic amines is 1. The molecule has 0 fully saturated rings. The lowest BCUT2D eigenvalue weighted by Gasteiger charge is -2.25. The fraction of sp³-hybridized carbons (Fsp3) is 0.286. The van der Waals surface area contributed by atoms with Crippen LogP contribution in [0.25, 0.3) is 0 Å². The predicted octanol–water partition coefficient (Wildman–Crippen LogP) is -1.12. The van der Waals surface area contributed by atoms with E-state index in [-0.39, 0.29) is 25.0 Å². The van der Waals surface area contributed by atoms with E-state index in [0.29, 0.717) is 16.8 Å². The van der Waals surface area contributed by atoms with Crippen molar-refractivity contribution in [2.45, 2.75) is 49.9 Å². The van der Waals surface area contributed by atoms with Crippen molar-refractivity contribution in [2.24, 2.45) is 11.5 Å². The van der Waals surface area contributed by atoms with Crippen molar-refractivity contribution in [2.75, 3.05) is 0 Å². The molecule has 42 heavy (non-hydrogen) atoms. The summed E-state index contributed by atoms with van der Waals surface area (Å²) in [4.78, 5) is 69.8. The molecule has 4 amide bonds. The van der Waals surface area contributed by atoms with Crippen LogP contribution < -0.4 is 27.4 Å². The van der Waals surface area contributed by atoms with Crippen LogP contribution in [0.4, 0.5) is 0 Å². The number of H-pyrrole nitrogens is 1. The molecule has 0 aliphatic carbocycles. The van der Waals surface area contributed by atoms with Crippen LogP contribution in [0, 0.1) is 0 Å². The molecule has 4 atom stereocenters. The van der Waals surface area contributed by atoms with E-state index in [1.54, 1.807) is 30.3 Å². The number of aromatic hydroxyl groups is 1. The highest BCUT2D eigenvalue weighted by Crippen LogP contribution is 2.12. The van der Waals surface area contributed by atoms with Crippen molar-refractivity contribution in [3.8, 4) is 5.75 Å². The summed E-state index contributed by atoms with van der Waals surface area (Å²) in [6.07, 6.45) is 2.33. The number of hydrogen-bond acceptors (Lipinski definition) is 8. The second-order valence-corrected chi connectivity index (χ2v) is 9.64. The summed E-state index contributed by atoms with van der Waals surface area (Å²) in [5.41, 5.74) is 13.2. The lowest BCUT2D eigenvalue weighted by Crippen LogP contribution is -2.58. The summed E-state index contributed by atoms with van der Waals surface area (Å²) in [5, 5.41) is 26.5. The molecule has 4 unspecified atom stereocenters. The first-order valence-electron chi connectivity index (χ1n) is 13.0. The van der Waals surface area contributed by atoms with E-state index in [1.165, 1.54) is 36.8 Å². The Bertz CT molecular complexity index is 1370. The Kier molecular flexibility index (Phi) is 11.1. The number of primary amides is 1. The van der Waals surface area contributed by atoms with E-state index in [2.05, 4.69) is 25.9 Å². The number of aromatic nitrogens is 2. The predicted molar refractivity (Wildman–Crippen MR) is 149 cm³/mol. The number of hydrogen-bond donors (Lipinski definition) is 8. The van der Waals surface area contributed by atoms with E-state index < -0.39 is 60.2 Å². The van der Waals surface area contributed by atoms with Gasteiger partial charge in [-0.15, -0.1) is 0 Å². The lowest BCUT2D eigenvalue weighted by atomic mass is 10.0. The monoisotopic (exact) mass is 579 g/mol. The van der Waals surface area contributed by atoms with Gasteiger partial charge in [-0.25, -0.2) is 9.78 Å². The lowest BCUT2D eigenvalue weighted by molar-refractivity contribution is -0.142. The van der Waals surface area contributed by atoms with Crippen molar-refractivity contribution in [3.05, 3.63) is 83.9 Å². The number of carbonyl (C=O) groups is 5. The Balaban J connectivity index is 1.75. The van der Waals surface area contributed by atoms with Crippen LogP contribution in [0.5, 0.6) is 5.75 Å². The van der Waals surface area contributed by atoms with Crippen LogP contribution in [0.3, 0.4) is 0 Å². The molecule has 14 heteroatoms. The molecule has 222 valence electrons. The van der Waals surface area contributed by atoms with Crippen LogP contribution in [-0.2, 0) is 43.2 Å². The van der Waals surface area contributed by atoms with Gasteiger partial charge in [0.15, 0.2) is 0 Å². The standard InChI is InChI=1S/C28H33N7O7/c29-20(12-18-14-31-15-32-18)25(38)33-21(10-16-4-2-1-3-5-16)26(39)34-22(13-24(30)37)27(40)35-23(28(41)42)11-17-6-8-19(36)9-7-17/h1-9,14-15,20-23,36H,10-13,29H2,(H2,30,37)(H,31,32)(H,33,38)(H,34,39)(H,35,40)(H,41,42). The van der Waals surface area contributed by atoms with Crippen LogP contribution in [0.15, 0.2) is 67.1 Å². The summed E-state index contributed by atoms with van der Waals surface area (Å²) in [6, 6.07) is 9.29.